The molecule has 0 spiro atoms. The van der Waals surface area contributed by atoms with Crippen LogP contribution in [0.4, 0.5) is 25.0 Å². The summed E-state index contributed by atoms with van der Waals surface area (Å²) < 4.78 is 53.5. The highest BCUT2D eigenvalue weighted by molar-refractivity contribution is 5.84. The first kappa shape index (κ1) is 25.6. The van der Waals surface area contributed by atoms with E-state index in [0.717, 1.165) is 6.07 Å². The first-order valence-corrected chi connectivity index (χ1v) is 11.3. The molecule has 1 amide bonds. The predicted molar refractivity (Wildman–Crippen MR) is 126 cm³/mol. The van der Waals surface area contributed by atoms with Crippen LogP contribution in [0.2, 0.25) is 0 Å². The number of amides is 1. The van der Waals surface area contributed by atoms with Crippen molar-refractivity contribution in [2.45, 2.75) is 37.3 Å². The first-order valence-electron chi connectivity index (χ1n) is 11.3. The number of hydrogen-bond donors (Lipinski definition) is 4. The van der Waals surface area contributed by atoms with Crippen molar-refractivity contribution >= 4 is 40.0 Å². The number of rotatable bonds is 6. The third kappa shape index (κ3) is 4.35. The van der Waals surface area contributed by atoms with Crippen molar-refractivity contribution in [1.82, 2.24) is 29.8 Å². The lowest BCUT2D eigenvalue weighted by atomic mass is 10.1. The molecule has 4 heterocycles. The SMILES string of the molecule is CNC(=O)[C@H]1O[C@@H](n2cnc3c(NCc4cc(C(F)(F)F)c5oc(N(C)C)nc5c4)ncnc32)[C@H](O)[C@@H]1O. The Morgan fingerprint density at radius 1 is 1.18 bits per heavy atom. The van der Waals surface area contributed by atoms with Gasteiger partial charge in [0.2, 0.25) is 0 Å². The van der Waals surface area contributed by atoms with Crippen molar-refractivity contribution in [1.29, 1.82) is 0 Å². The maximum atomic E-state index is 13.8. The highest BCUT2D eigenvalue weighted by Crippen LogP contribution is 2.38. The highest BCUT2D eigenvalue weighted by Gasteiger charge is 2.47. The average Bonchev–Trinajstić information content (AvgIpc) is 3.57. The fraction of sp³-hybridized carbons (Fsp3) is 0.409. The lowest BCUT2D eigenvalue weighted by Gasteiger charge is -2.16. The number of fused-ring (bicyclic) bond motifs is 2. The van der Waals surface area contributed by atoms with Crippen LogP contribution in [0, 0.1) is 0 Å². The van der Waals surface area contributed by atoms with Gasteiger partial charge in [0.1, 0.15) is 29.6 Å². The summed E-state index contributed by atoms with van der Waals surface area (Å²) in [5.41, 5.74) is -0.569. The van der Waals surface area contributed by atoms with Gasteiger partial charge in [0.25, 0.3) is 11.9 Å². The largest absolute Gasteiger partial charge is 0.423 e. The quantitative estimate of drug-likeness (QED) is 0.278. The molecule has 1 fully saturated rings. The van der Waals surface area contributed by atoms with Crippen LogP contribution in [0.5, 0.6) is 0 Å². The van der Waals surface area contributed by atoms with Crippen LogP contribution in [-0.2, 0) is 22.3 Å². The minimum atomic E-state index is -4.67. The van der Waals surface area contributed by atoms with E-state index in [1.807, 2.05) is 0 Å². The summed E-state index contributed by atoms with van der Waals surface area (Å²) in [6.45, 7) is -0.0673. The van der Waals surface area contributed by atoms with Crippen LogP contribution in [0.3, 0.4) is 0 Å². The second-order valence-corrected chi connectivity index (χ2v) is 8.82. The number of carbonyl (C=O) groups excluding carboxylic acids is 1. The number of aromatic nitrogens is 5. The second kappa shape index (κ2) is 9.38. The normalized spacial score (nSPS) is 21.8. The van der Waals surface area contributed by atoms with Crippen LogP contribution in [0.1, 0.15) is 17.4 Å². The van der Waals surface area contributed by atoms with Crippen molar-refractivity contribution in [3.63, 3.8) is 0 Å². The Labute approximate surface area is 212 Å². The van der Waals surface area contributed by atoms with E-state index in [0.29, 0.717) is 0 Å². The van der Waals surface area contributed by atoms with Gasteiger partial charge in [-0.2, -0.15) is 18.2 Å². The van der Waals surface area contributed by atoms with Gasteiger partial charge in [0, 0.05) is 27.7 Å². The summed E-state index contributed by atoms with van der Waals surface area (Å²) in [4.78, 5) is 30.1. The number of benzene rings is 1. The summed E-state index contributed by atoms with van der Waals surface area (Å²) >= 11 is 0. The number of anilines is 2. The molecular weight excluding hydrogens is 513 g/mol. The molecule has 1 aromatic carbocycles. The van der Waals surface area contributed by atoms with Gasteiger partial charge in [-0.25, -0.2) is 15.0 Å². The molecule has 0 radical (unpaired) electrons. The topological polar surface area (TPSA) is 164 Å². The third-order valence-electron chi connectivity index (χ3n) is 6.06. The van der Waals surface area contributed by atoms with E-state index in [1.165, 1.54) is 35.2 Å². The molecule has 13 nitrogen and oxygen atoms in total. The molecule has 4 aromatic rings. The summed E-state index contributed by atoms with van der Waals surface area (Å²) in [6.07, 6.45) is -7.60. The second-order valence-electron chi connectivity index (χ2n) is 8.82. The summed E-state index contributed by atoms with van der Waals surface area (Å²) in [6, 6.07) is 2.49. The predicted octanol–water partition coefficient (Wildman–Crippen LogP) is 1.03. The molecule has 5 rings (SSSR count). The van der Waals surface area contributed by atoms with Gasteiger partial charge < -0.3 is 34.9 Å². The number of hydrogen-bond acceptors (Lipinski definition) is 11. The zero-order valence-electron chi connectivity index (χ0n) is 20.3. The molecule has 1 aliphatic rings. The molecule has 3 aromatic heterocycles. The number of imidazole rings is 1. The molecule has 1 aliphatic heterocycles. The Hall–Kier alpha value is -4.02. The molecule has 202 valence electrons. The van der Waals surface area contributed by atoms with Crippen LogP contribution in [-0.4, -0.2) is 80.1 Å². The zero-order valence-corrected chi connectivity index (χ0v) is 20.3. The molecule has 0 unspecified atom stereocenters. The number of ether oxygens (including phenoxy) is 1. The first-order chi connectivity index (χ1) is 18.0. The van der Waals surface area contributed by atoms with Crippen LogP contribution in [0.25, 0.3) is 22.3 Å². The van der Waals surface area contributed by atoms with Crippen molar-refractivity contribution in [3.8, 4) is 0 Å². The lowest BCUT2D eigenvalue weighted by Crippen LogP contribution is -2.41. The highest BCUT2D eigenvalue weighted by atomic mass is 19.4. The van der Waals surface area contributed by atoms with Gasteiger partial charge in [-0.05, 0) is 17.7 Å². The minimum absolute atomic E-state index is 0.0405. The van der Waals surface area contributed by atoms with Gasteiger partial charge in [0.15, 0.2) is 34.9 Å². The zero-order chi connectivity index (χ0) is 27.4. The van der Waals surface area contributed by atoms with Crippen molar-refractivity contribution < 1.29 is 37.3 Å². The van der Waals surface area contributed by atoms with Crippen molar-refractivity contribution in [2.24, 2.45) is 0 Å². The molecule has 0 aliphatic carbocycles. The van der Waals surface area contributed by atoms with E-state index in [1.54, 1.807) is 14.1 Å². The lowest BCUT2D eigenvalue weighted by molar-refractivity contribution is -0.137. The average molecular weight is 536 g/mol. The number of carbonyl (C=O) groups is 1. The van der Waals surface area contributed by atoms with Gasteiger partial charge in [0.05, 0.1) is 6.33 Å². The van der Waals surface area contributed by atoms with Crippen LogP contribution >= 0.6 is 0 Å². The van der Waals surface area contributed by atoms with Crippen LogP contribution < -0.4 is 15.5 Å². The van der Waals surface area contributed by atoms with E-state index in [2.05, 4.69) is 30.6 Å². The molecule has 0 saturated carbocycles. The Morgan fingerprint density at radius 3 is 2.63 bits per heavy atom. The number of nitrogens with zero attached hydrogens (tertiary/aromatic N) is 6. The number of oxazole rings is 1. The Morgan fingerprint density at radius 2 is 1.95 bits per heavy atom. The maximum absolute atomic E-state index is 13.8. The monoisotopic (exact) mass is 536 g/mol. The smallest absolute Gasteiger partial charge is 0.420 e. The molecular formula is C22H23F3N8O5. The van der Waals surface area contributed by atoms with Gasteiger partial charge in [-0.1, -0.05) is 0 Å². The minimum Gasteiger partial charge on any atom is -0.423 e. The van der Waals surface area contributed by atoms with Crippen molar-refractivity contribution in [2.75, 3.05) is 31.4 Å². The number of likely N-dealkylation sites (N-methyl/N-ethyl adjacent to an activating group) is 1. The van der Waals surface area contributed by atoms with E-state index in [4.69, 9.17) is 9.15 Å². The molecule has 4 N–H and O–H groups in total. The maximum Gasteiger partial charge on any atom is 0.420 e. The van der Waals surface area contributed by atoms with E-state index >= 15 is 0 Å². The fourth-order valence-electron chi connectivity index (χ4n) is 4.18. The number of alkyl halides is 3. The molecule has 0 bridgehead atoms. The summed E-state index contributed by atoms with van der Waals surface area (Å²) in [5.74, 6) is -0.409. The molecule has 1 saturated heterocycles. The number of aliphatic hydroxyl groups excluding tert-OH is 2. The molecule has 4 atom stereocenters. The molecule has 38 heavy (non-hydrogen) atoms. The Bertz CT molecular complexity index is 1500. The number of halogens is 3. The Balaban J connectivity index is 1.44. The van der Waals surface area contributed by atoms with Gasteiger partial charge >= 0.3 is 6.18 Å². The number of aliphatic hydroxyl groups is 2. The standard InChI is InChI=1S/C22H23F3N8O5/c1-26-19(36)16-13(34)14(35)20(37-16)33-8-30-12-17(28-7-29-18(12)33)27-6-9-4-10(22(23,24)25)15-11(5-9)31-21(38-15)32(2)3/h4-5,7-8,13-14,16,20,34-35H,6H2,1-3H3,(H,26,36)(H,27,28,29)/t13-,14+,16-,20+/m0/s1. The number of nitrogens with one attached hydrogen (secondary N) is 2. The van der Waals surface area contributed by atoms with E-state index in [9.17, 15) is 28.2 Å². The molecule has 16 heteroatoms. The van der Waals surface area contributed by atoms with E-state index in [-0.39, 0.29) is 46.2 Å². The van der Waals surface area contributed by atoms with Crippen molar-refractivity contribution in [3.05, 3.63) is 35.9 Å². The summed E-state index contributed by atoms with van der Waals surface area (Å²) in [7, 11) is 4.58. The van der Waals surface area contributed by atoms with Crippen LogP contribution in [0.15, 0.2) is 29.2 Å². The Kier molecular flexibility index (Phi) is 6.32. The van der Waals surface area contributed by atoms with Gasteiger partial charge in [-0.15, -0.1) is 0 Å². The summed E-state index contributed by atoms with van der Waals surface area (Å²) in [5, 5.41) is 26.0. The van der Waals surface area contributed by atoms with E-state index < -0.39 is 42.2 Å². The third-order valence-corrected chi connectivity index (χ3v) is 6.06. The van der Waals surface area contributed by atoms with Gasteiger partial charge in [-0.3, -0.25) is 9.36 Å². The fourth-order valence-corrected chi connectivity index (χ4v) is 4.18.